The minimum absolute atomic E-state index is 0.0485. The molecule has 1 aliphatic heterocycles. The molecule has 2 heterocycles. The van der Waals surface area contributed by atoms with Crippen LogP contribution in [0, 0.1) is 13.8 Å². The number of nitrogens with zero attached hydrogens (tertiary/aromatic N) is 1. The third-order valence-corrected chi connectivity index (χ3v) is 7.39. The highest BCUT2D eigenvalue weighted by Gasteiger charge is 2.43. The van der Waals surface area contributed by atoms with E-state index in [4.69, 9.17) is 13.9 Å². The van der Waals surface area contributed by atoms with Crippen molar-refractivity contribution in [2.75, 3.05) is 20.8 Å². The zero-order valence-corrected chi connectivity index (χ0v) is 22.5. The Bertz CT molecular complexity index is 1590. The highest BCUT2D eigenvalue weighted by atomic mass is 79.9. The summed E-state index contributed by atoms with van der Waals surface area (Å²) in [5.41, 5.74) is 3.84. The molecule has 4 aromatic rings. The summed E-state index contributed by atoms with van der Waals surface area (Å²) in [6, 6.07) is 14.0. The van der Waals surface area contributed by atoms with Crippen LogP contribution in [0.25, 0.3) is 11.0 Å². The van der Waals surface area contributed by atoms with Gasteiger partial charge in [-0.1, -0.05) is 18.2 Å². The number of phenols is 1. The number of carbonyl (C=O) groups is 1. The number of hydrogen-bond acceptors (Lipinski definition) is 6. The van der Waals surface area contributed by atoms with E-state index < -0.39 is 6.04 Å². The lowest BCUT2D eigenvalue weighted by Crippen LogP contribution is -2.31. The minimum Gasteiger partial charge on any atom is -0.503 e. The number of ether oxygens (including phenoxy) is 2. The highest BCUT2D eigenvalue weighted by Crippen LogP contribution is 2.43. The van der Waals surface area contributed by atoms with Gasteiger partial charge in [0.1, 0.15) is 11.3 Å². The molecule has 1 atom stereocenters. The fourth-order valence-corrected chi connectivity index (χ4v) is 5.46. The van der Waals surface area contributed by atoms with Crippen LogP contribution in [-0.4, -0.2) is 36.7 Å². The van der Waals surface area contributed by atoms with Crippen molar-refractivity contribution in [1.29, 1.82) is 0 Å². The molecule has 7 nitrogen and oxygen atoms in total. The van der Waals surface area contributed by atoms with Gasteiger partial charge in [-0.3, -0.25) is 9.59 Å². The molecular formula is C29H26BrNO6. The highest BCUT2D eigenvalue weighted by molar-refractivity contribution is 9.10. The second-order valence-electron chi connectivity index (χ2n) is 9.19. The number of rotatable bonds is 6. The summed E-state index contributed by atoms with van der Waals surface area (Å²) in [7, 11) is 3.06. The number of fused-ring (bicyclic) bond motifs is 2. The molecule has 5 rings (SSSR count). The maximum Gasteiger partial charge on any atom is 0.290 e. The lowest BCUT2D eigenvalue weighted by molar-refractivity contribution is 0.0730. The number of carbonyl (C=O) groups excluding carboxylic acids is 1. The second kappa shape index (κ2) is 9.59. The first-order valence-corrected chi connectivity index (χ1v) is 12.6. The van der Waals surface area contributed by atoms with Gasteiger partial charge in [-0.05, 0) is 88.8 Å². The van der Waals surface area contributed by atoms with Crippen molar-refractivity contribution in [3.8, 4) is 17.2 Å². The lowest BCUT2D eigenvalue weighted by atomic mass is 9.97. The molecule has 1 N–H and O–H groups in total. The summed E-state index contributed by atoms with van der Waals surface area (Å²) in [6.45, 7) is 4.13. The van der Waals surface area contributed by atoms with Gasteiger partial charge in [0.2, 0.25) is 5.76 Å². The summed E-state index contributed by atoms with van der Waals surface area (Å²) in [6.07, 6.45) is 0.558. The molecule has 0 fully saturated rings. The molecule has 1 aliphatic rings. The number of phenolic OH excluding ortho intramolecular Hbond substituents is 1. The molecule has 0 aliphatic carbocycles. The Morgan fingerprint density at radius 2 is 1.76 bits per heavy atom. The smallest absolute Gasteiger partial charge is 0.290 e. The molecule has 3 aromatic carbocycles. The van der Waals surface area contributed by atoms with E-state index in [1.54, 1.807) is 30.2 Å². The van der Waals surface area contributed by atoms with E-state index in [1.165, 1.54) is 7.11 Å². The summed E-state index contributed by atoms with van der Waals surface area (Å²) >= 11 is 3.38. The Balaban J connectivity index is 1.67. The van der Waals surface area contributed by atoms with Gasteiger partial charge in [0.15, 0.2) is 16.9 Å². The molecule has 8 heteroatoms. The maximum absolute atomic E-state index is 13.9. The molecule has 0 saturated heterocycles. The van der Waals surface area contributed by atoms with Crippen LogP contribution in [0.5, 0.6) is 17.2 Å². The van der Waals surface area contributed by atoms with E-state index in [-0.39, 0.29) is 34.2 Å². The van der Waals surface area contributed by atoms with E-state index in [0.29, 0.717) is 34.0 Å². The molecule has 0 radical (unpaired) electrons. The van der Waals surface area contributed by atoms with Gasteiger partial charge < -0.3 is 23.9 Å². The molecule has 37 heavy (non-hydrogen) atoms. The van der Waals surface area contributed by atoms with Crippen LogP contribution in [0.3, 0.4) is 0 Å². The lowest BCUT2D eigenvalue weighted by Gasteiger charge is -2.26. The van der Waals surface area contributed by atoms with E-state index in [0.717, 1.165) is 22.4 Å². The van der Waals surface area contributed by atoms with Gasteiger partial charge in [-0.2, -0.15) is 0 Å². The van der Waals surface area contributed by atoms with Crippen molar-refractivity contribution in [2.45, 2.75) is 26.3 Å². The van der Waals surface area contributed by atoms with Crippen LogP contribution < -0.4 is 14.9 Å². The third-order valence-electron chi connectivity index (χ3n) is 6.78. The van der Waals surface area contributed by atoms with Gasteiger partial charge in [0.05, 0.1) is 35.7 Å². The molecule has 0 spiro atoms. The Morgan fingerprint density at radius 1 is 1.03 bits per heavy atom. The average Bonchev–Trinajstić information content (AvgIpc) is 3.17. The monoisotopic (exact) mass is 563 g/mol. The Hall–Kier alpha value is -3.78. The minimum atomic E-state index is -0.715. The first kappa shape index (κ1) is 24.9. The van der Waals surface area contributed by atoms with Crippen LogP contribution in [0.15, 0.2) is 62.2 Å². The molecule has 1 amide bonds. The number of halogens is 1. The van der Waals surface area contributed by atoms with Crippen LogP contribution in [0.1, 0.15) is 44.4 Å². The van der Waals surface area contributed by atoms with Crippen LogP contribution in [0.2, 0.25) is 0 Å². The van der Waals surface area contributed by atoms with Crippen LogP contribution >= 0.6 is 15.9 Å². The standard InChI is InChI=1S/C29H26BrNO6/c1-15-11-16(2)27-20(12-15)25(32)23-24(18-13-21(30)26(33)22(14-18)36-4)31(29(34)28(23)37-27)10-9-17-5-7-19(35-3)8-6-17/h5-8,11-14,24,33H,9-10H2,1-4H3. The number of benzene rings is 3. The molecule has 0 bridgehead atoms. The number of aromatic hydroxyl groups is 1. The average molecular weight is 564 g/mol. The second-order valence-corrected chi connectivity index (χ2v) is 10.0. The summed E-state index contributed by atoms with van der Waals surface area (Å²) in [4.78, 5) is 29.3. The van der Waals surface area contributed by atoms with Gasteiger partial charge in [0.25, 0.3) is 5.91 Å². The number of amides is 1. The van der Waals surface area contributed by atoms with Gasteiger partial charge in [-0.15, -0.1) is 0 Å². The maximum atomic E-state index is 13.9. The zero-order valence-electron chi connectivity index (χ0n) is 20.9. The fourth-order valence-electron chi connectivity index (χ4n) is 5.00. The number of aryl methyl sites for hydroxylation is 2. The largest absolute Gasteiger partial charge is 0.503 e. The van der Waals surface area contributed by atoms with Gasteiger partial charge in [0, 0.05) is 6.54 Å². The molecule has 1 unspecified atom stereocenters. The summed E-state index contributed by atoms with van der Waals surface area (Å²) < 4.78 is 17.2. The van der Waals surface area contributed by atoms with Gasteiger partial charge in [-0.25, -0.2) is 0 Å². The molecule has 1 aromatic heterocycles. The van der Waals surface area contributed by atoms with E-state index >= 15 is 0 Å². The Morgan fingerprint density at radius 3 is 2.43 bits per heavy atom. The fraction of sp³-hybridized carbons (Fsp3) is 0.241. The van der Waals surface area contributed by atoms with Crippen molar-refractivity contribution >= 4 is 32.8 Å². The number of methoxy groups -OCH3 is 2. The van der Waals surface area contributed by atoms with Crippen molar-refractivity contribution in [2.24, 2.45) is 0 Å². The first-order valence-electron chi connectivity index (χ1n) is 11.8. The normalized spacial score (nSPS) is 14.8. The van der Waals surface area contributed by atoms with Crippen molar-refractivity contribution < 1.29 is 23.8 Å². The third kappa shape index (κ3) is 4.25. The molecular weight excluding hydrogens is 538 g/mol. The predicted molar refractivity (Wildman–Crippen MR) is 144 cm³/mol. The van der Waals surface area contributed by atoms with Crippen LogP contribution in [-0.2, 0) is 6.42 Å². The predicted octanol–water partition coefficient (Wildman–Crippen LogP) is 5.68. The van der Waals surface area contributed by atoms with Crippen molar-refractivity contribution in [3.63, 3.8) is 0 Å². The topological polar surface area (TPSA) is 89.2 Å². The SMILES string of the molecule is COc1ccc(CCN2C(=O)c3oc4c(C)cc(C)cc4c(=O)c3C2c2cc(Br)c(O)c(OC)c2)cc1. The zero-order chi connectivity index (χ0) is 26.4. The van der Waals surface area contributed by atoms with E-state index in [1.807, 2.05) is 44.2 Å². The molecule has 190 valence electrons. The summed E-state index contributed by atoms with van der Waals surface area (Å²) in [5.74, 6) is 0.622. The Labute approximate surface area is 222 Å². The van der Waals surface area contributed by atoms with Crippen molar-refractivity contribution in [3.05, 3.63) is 96.8 Å². The number of hydrogen-bond donors (Lipinski definition) is 1. The van der Waals surface area contributed by atoms with Crippen molar-refractivity contribution in [1.82, 2.24) is 4.90 Å². The first-order chi connectivity index (χ1) is 17.7. The summed E-state index contributed by atoms with van der Waals surface area (Å²) in [5, 5.41) is 10.8. The Kier molecular flexibility index (Phi) is 6.45. The molecule has 0 saturated carbocycles. The van der Waals surface area contributed by atoms with E-state index in [9.17, 15) is 14.7 Å². The van der Waals surface area contributed by atoms with E-state index in [2.05, 4.69) is 15.9 Å². The van der Waals surface area contributed by atoms with Gasteiger partial charge >= 0.3 is 0 Å². The van der Waals surface area contributed by atoms with Crippen LogP contribution in [0.4, 0.5) is 0 Å². The quantitative estimate of drug-likeness (QED) is 0.324.